The zero-order valence-electron chi connectivity index (χ0n) is 38.0. The van der Waals surface area contributed by atoms with Gasteiger partial charge in [-0.1, -0.05) is 143 Å². The van der Waals surface area contributed by atoms with E-state index in [0.29, 0.717) is 11.6 Å². The normalized spacial score (nSPS) is 12.7. The van der Waals surface area contributed by atoms with Gasteiger partial charge in [-0.2, -0.15) is 7.11 Å². The number of pyridine rings is 1. The Bertz CT molecular complexity index is 2920. The molecule has 0 unspecified atom stereocenters. The van der Waals surface area contributed by atoms with Crippen LogP contribution in [0.5, 0.6) is 5.75 Å². The van der Waals surface area contributed by atoms with Crippen LogP contribution in [0.2, 0.25) is 0 Å². The number of ether oxygens (including phenoxy) is 1. The first kappa shape index (κ1) is 37.7. The maximum atomic E-state index is 8.40. The Morgan fingerprint density at radius 1 is 0.644 bits per heavy atom. The van der Waals surface area contributed by atoms with E-state index in [9.17, 15) is 0 Å². The predicted molar refractivity (Wildman–Crippen MR) is 242 cm³/mol. The summed E-state index contributed by atoms with van der Waals surface area (Å²) in [5, 5.41) is 0. The maximum absolute atomic E-state index is 8.40. The van der Waals surface area contributed by atoms with Crippen molar-refractivity contribution in [3.05, 3.63) is 175 Å². The number of imidazole rings is 1. The van der Waals surface area contributed by atoms with Gasteiger partial charge < -0.3 is 4.74 Å². The van der Waals surface area contributed by atoms with Crippen LogP contribution in [0.25, 0.3) is 72.7 Å². The minimum Gasteiger partial charge on any atom is -0.665 e. The predicted octanol–water partition coefficient (Wildman–Crippen LogP) is 14.2. The molecule has 0 amide bonds. The van der Waals surface area contributed by atoms with Gasteiger partial charge in [0.15, 0.2) is 0 Å². The summed E-state index contributed by atoms with van der Waals surface area (Å²) in [6, 6.07) is 46.9. The van der Waals surface area contributed by atoms with Gasteiger partial charge in [-0.05, 0) is 95.2 Å². The van der Waals surface area contributed by atoms with Crippen LogP contribution in [0.1, 0.15) is 73.5 Å². The van der Waals surface area contributed by atoms with E-state index in [-0.39, 0.29) is 37.5 Å². The molecule has 0 aliphatic carbocycles. The molecule has 0 aliphatic heterocycles. The number of hydrogen-bond donors (Lipinski definition) is 0. The van der Waals surface area contributed by atoms with E-state index < -0.39 is 6.85 Å². The van der Waals surface area contributed by atoms with E-state index in [1.54, 1.807) is 12.1 Å². The monoisotopic (exact) mass is 955 g/mol. The zero-order valence-corrected chi connectivity index (χ0v) is 37.2. The van der Waals surface area contributed by atoms with Crippen molar-refractivity contribution in [1.82, 2.24) is 14.5 Å². The summed E-state index contributed by atoms with van der Waals surface area (Å²) < 4.78 is 33.2. The molecule has 2 aromatic heterocycles. The Morgan fingerprint density at radius 2 is 1.36 bits per heavy atom. The maximum Gasteiger partial charge on any atom is 2.00 e. The third-order valence-electron chi connectivity index (χ3n) is 11.0. The number of aromatic nitrogens is 3. The van der Waals surface area contributed by atoms with Crippen LogP contribution in [-0.2, 0) is 31.9 Å². The number of nitrogens with zero attached hydrogens (tertiary/aromatic N) is 3. The van der Waals surface area contributed by atoms with Crippen LogP contribution in [0.4, 0.5) is 0 Å². The van der Waals surface area contributed by atoms with Crippen molar-refractivity contribution >= 4 is 11.0 Å². The first-order valence-electron chi connectivity index (χ1n) is 21.3. The topological polar surface area (TPSA) is 39.9 Å². The standard InChI is InChI=1S/C54H51N3O.Pt/c1-34-19-24-48(45(28-34)38-20-22-42(23-21-38)53(4,5)6)57-49-18-14-17-44(50(49)56-52(57)46-29-35(2)27-36(3)51(46)58-10)40-30-41(32-43(31-40)54(7,8)9)47-33-39(25-26-55-47)37-15-12-11-13-16-37;/h11-29,31-33H,10H2,1-9H3;/q-2;+2/i1D3;. The summed E-state index contributed by atoms with van der Waals surface area (Å²) >= 11 is 0. The van der Waals surface area contributed by atoms with Crippen LogP contribution < -0.4 is 4.74 Å². The molecule has 0 spiro atoms. The molecule has 0 aliphatic rings. The quantitative estimate of drug-likeness (QED) is 0.149. The van der Waals surface area contributed by atoms with Crippen molar-refractivity contribution < 1.29 is 29.9 Å². The second-order valence-corrected chi connectivity index (χ2v) is 17.3. The fourth-order valence-corrected chi connectivity index (χ4v) is 7.84. The number of aryl methyl sites for hydroxylation is 3. The van der Waals surface area contributed by atoms with Crippen molar-refractivity contribution in [3.8, 4) is 67.5 Å². The van der Waals surface area contributed by atoms with Crippen LogP contribution in [0.3, 0.4) is 0 Å². The molecule has 0 N–H and O–H groups in total. The molecular formula is C54H51N3OPt. The van der Waals surface area contributed by atoms with Gasteiger partial charge in [0, 0.05) is 21.6 Å². The van der Waals surface area contributed by atoms with E-state index >= 15 is 0 Å². The minimum absolute atomic E-state index is 0. The number of fused-ring (bicyclic) bond motifs is 1. The molecule has 298 valence electrons. The molecule has 0 saturated heterocycles. The summed E-state index contributed by atoms with van der Waals surface area (Å²) in [5.41, 5.74) is 14.9. The first-order valence-corrected chi connectivity index (χ1v) is 19.8. The number of hydrogen-bond acceptors (Lipinski definition) is 3. The molecular weight excluding hydrogens is 902 g/mol. The Balaban J connectivity index is 0.00000578. The van der Waals surface area contributed by atoms with Gasteiger partial charge in [0.05, 0.1) is 28.0 Å². The Labute approximate surface area is 368 Å². The summed E-state index contributed by atoms with van der Waals surface area (Å²) in [6.45, 7) is 15.0. The summed E-state index contributed by atoms with van der Waals surface area (Å²) in [6.07, 6.45) is 1.86. The second-order valence-electron chi connectivity index (χ2n) is 17.3. The SMILES string of the molecule is [2H]C([2H])([2H])c1ccc(-n2c(-c3cc(C)cc(C)c3O[CH2-])nc3c(-c4[c-]c(-c5cc(-c6ccccc6)ccn5)cc(C(C)(C)C)c4)cccc32)c(-c2ccc(C(C)(C)C)cc2)c1.[Pt+2]. The number of rotatable bonds is 7. The van der Waals surface area contributed by atoms with Gasteiger partial charge in [-0.15, -0.1) is 29.3 Å². The molecule has 59 heavy (non-hydrogen) atoms. The van der Waals surface area contributed by atoms with Gasteiger partial charge >= 0.3 is 21.1 Å². The molecule has 8 rings (SSSR count). The van der Waals surface area contributed by atoms with Crippen molar-refractivity contribution in [2.24, 2.45) is 0 Å². The van der Waals surface area contributed by atoms with Gasteiger partial charge in [-0.25, -0.2) is 4.98 Å². The molecule has 0 fully saturated rings. The fourth-order valence-electron chi connectivity index (χ4n) is 7.84. The van der Waals surface area contributed by atoms with Crippen molar-refractivity contribution in [1.29, 1.82) is 0 Å². The molecule has 0 saturated carbocycles. The molecule has 0 bridgehead atoms. The van der Waals surface area contributed by atoms with Gasteiger partial charge in [0.25, 0.3) is 0 Å². The Kier molecular flexibility index (Phi) is 10.4. The molecule has 5 heteroatoms. The third-order valence-corrected chi connectivity index (χ3v) is 11.0. The molecule has 8 aromatic rings. The molecule has 0 radical (unpaired) electrons. The first-order chi connectivity index (χ1) is 28.9. The van der Waals surface area contributed by atoms with Crippen LogP contribution >= 0.6 is 0 Å². The largest absolute Gasteiger partial charge is 2.00 e. The Morgan fingerprint density at radius 3 is 2.05 bits per heavy atom. The molecule has 0 atom stereocenters. The molecule has 4 nitrogen and oxygen atoms in total. The van der Waals surface area contributed by atoms with Crippen molar-refractivity contribution in [2.45, 2.75) is 73.1 Å². The number of para-hydroxylation sites is 1. The number of benzene rings is 6. The fraction of sp³-hybridized carbons (Fsp3) is 0.204. The second kappa shape index (κ2) is 16.2. The van der Waals surface area contributed by atoms with Crippen LogP contribution in [-0.4, -0.2) is 14.5 Å². The van der Waals surface area contributed by atoms with Gasteiger partial charge in [0.1, 0.15) is 5.82 Å². The van der Waals surface area contributed by atoms with E-state index in [2.05, 4.69) is 151 Å². The van der Waals surface area contributed by atoms with Gasteiger partial charge in [0.2, 0.25) is 0 Å². The molecule has 6 aromatic carbocycles. The van der Waals surface area contributed by atoms with Crippen LogP contribution in [0, 0.1) is 33.9 Å². The zero-order chi connectivity index (χ0) is 43.4. The summed E-state index contributed by atoms with van der Waals surface area (Å²) in [5.74, 6) is 1.26. The average molecular weight is 956 g/mol. The Hall–Kier alpha value is -5.57. The van der Waals surface area contributed by atoms with E-state index in [4.69, 9.17) is 18.8 Å². The molecule has 2 heterocycles. The van der Waals surface area contributed by atoms with E-state index in [1.165, 1.54) is 5.56 Å². The summed E-state index contributed by atoms with van der Waals surface area (Å²) in [4.78, 5) is 10.4. The van der Waals surface area contributed by atoms with Crippen molar-refractivity contribution in [2.75, 3.05) is 0 Å². The van der Waals surface area contributed by atoms with Gasteiger partial charge in [-0.3, -0.25) is 9.55 Å². The smallest absolute Gasteiger partial charge is 0.665 e. The minimum atomic E-state index is -2.31. The summed E-state index contributed by atoms with van der Waals surface area (Å²) in [7, 11) is 3.87. The van der Waals surface area contributed by atoms with E-state index in [1.807, 2.05) is 43.5 Å². The third kappa shape index (κ3) is 8.21. The van der Waals surface area contributed by atoms with E-state index in [0.717, 1.165) is 83.6 Å². The van der Waals surface area contributed by atoms with Crippen LogP contribution in [0.15, 0.2) is 134 Å². The van der Waals surface area contributed by atoms with Crippen molar-refractivity contribution in [3.63, 3.8) is 0 Å². The average Bonchev–Trinajstić information content (AvgIpc) is 3.62.